The molecule has 4 nitrogen and oxygen atoms in total. The molecule has 0 unspecified atom stereocenters. The Kier molecular flexibility index (Phi) is 5.62. The molecule has 0 radical (unpaired) electrons. The van der Waals surface area contributed by atoms with Gasteiger partial charge in [-0.2, -0.15) is 0 Å². The third kappa shape index (κ3) is 4.04. The molecule has 0 aromatic heterocycles. The Morgan fingerprint density at radius 2 is 1.93 bits per heavy atom. The number of likely N-dealkylation sites (tertiary alicyclic amines) is 2. The molecule has 0 aliphatic carbocycles. The lowest BCUT2D eigenvalue weighted by Gasteiger charge is -2.29. The van der Waals surface area contributed by atoms with Crippen molar-refractivity contribution < 1.29 is 13.9 Å². The van der Waals surface area contributed by atoms with Crippen LogP contribution in [0.4, 0.5) is 4.39 Å². The number of nitrogens with zero attached hydrogens (tertiary/aromatic N) is 2. The first-order valence-corrected chi connectivity index (χ1v) is 10.0. The molecule has 4 rings (SSSR count). The number of amides is 1. The van der Waals surface area contributed by atoms with Gasteiger partial charge < -0.3 is 14.5 Å². The van der Waals surface area contributed by atoms with Gasteiger partial charge in [-0.1, -0.05) is 30.3 Å². The van der Waals surface area contributed by atoms with E-state index < -0.39 is 0 Å². The second kappa shape index (κ2) is 8.31. The highest BCUT2D eigenvalue weighted by molar-refractivity contribution is 5.74. The van der Waals surface area contributed by atoms with Crippen molar-refractivity contribution in [1.29, 1.82) is 0 Å². The summed E-state index contributed by atoms with van der Waals surface area (Å²) in [6.45, 7) is 6.00. The summed E-state index contributed by atoms with van der Waals surface area (Å²) in [6.07, 6.45) is 0.968. The van der Waals surface area contributed by atoms with E-state index in [1.54, 1.807) is 19.1 Å². The van der Waals surface area contributed by atoms with Crippen molar-refractivity contribution in [2.75, 3.05) is 32.8 Å². The van der Waals surface area contributed by atoms with Crippen LogP contribution < -0.4 is 4.74 Å². The summed E-state index contributed by atoms with van der Waals surface area (Å²) in [4.78, 5) is 16.6. The number of benzene rings is 2. The minimum absolute atomic E-state index is 0.0243. The molecule has 3 atom stereocenters. The molecule has 0 saturated carbocycles. The van der Waals surface area contributed by atoms with Crippen LogP contribution in [-0.4, -0.2) is 48.5 Å². The Bertz CT molecular complexity index is 813. The number of carbonyl (C=O) groups excluding carboxylic acids is 1. The molecular weight excluding hydrogens is 355 g/mol. The number of fused-ring (bicyclic) bond motifs is 1. The van der Waals surface area contributed by atoms with Gasteiger partial charge in [0.25, 0.3) is 0 Å². The molecule has 1 amide bonds. The van der Waals surface area contributed by atoms with Crippen LogP contribution >= 0.6 is 0 Å². The van der Waals surface area contributed by atoms with E-state index in [2.05, 4.69) is 4.90 Å². The van der Waals surface area contributed by atoms with E-state index in [-0.39, 0.29) is 17.8 Å². The van der Waals surface area contributed by atoms with Crippen LogP contribution in [0.5, 0.6) is 5.75 Å². The first kappa shape index (κ1) is 18.9. The molecule has 148 valence electrons. The summed E-state index contributed by atoms with van der Waals surface area (Å²) in [5, 5.41) is 0. The Morgan fingerprint density at radius 3 is 2.68 bits per heavy atom. The number of hydrogen-bond donors (Lipinski definition) is 0. The number of carbonyl (C=O) groups is 1. The first-order chi connectivity index (χ1) is 13.6. The van der Waals surface area contributed by atoms with Crippen LogP contribution in [-0.2, 0) is 4.79 Å². The van der Waals surface area contributed by atoms with Crippen LogP contribution in [0, 0.1) is 17.7 Å². The van der Waals surface area contributed by atoms with E-state index in [0.29, 0.717) is 18.4 Å². The lowest BCUT2D eigenvalue weighted by Crippen LogP contribution is -2.34. The van der Waals surface area contributed by atoms with Crippen LogP contribution in [0.3, 0.4) is 0 Å². The predicted molar refractivity (Wildman–Crippen MR) is 107 cm³/mol. The van der Waals surface area contributed by atoms with Crippen molar-refractivity contribution in [2.45, 2.75) is 19.4 Å². The molecule has 2 aromatic carbocycles. The zero-order valence-corrected chi connectivity index (χ0v) is 16.3. The van der Waals surface area contributed by atoms with Crippen molar-refractivity contribution >= 4 is 5.91 Å². The highest BCUT2D eigenvalue weighted by atomic mass is 19.1. The lowest BCUT2D eigenvalue weighted by molar-refractivity contribution is -0.130. The zero-order chi connectivity index (χ0) is 19.5. The van der Waals surface area contributed by atoms with E-state index >= 15 is 0 Å². The molecule has 0 N–H and O–H groups in total. The highest BCUT2D eigenvalue weighted by Crippen LogP contribution is 2.45. The van der Waals surface area contributed by atoms with E-state index in [9.17, 15) is 9.18 Å². The summed E-state index contributed by atoms with van der Waals surface area (Å²) in [5.41, 5.74) is 0.914. The third-order valence-corrected chi connectivity index (χ3v) is 5.97. The molecule has 2 saturated heterocycles. The van der Waals surface area contributed by atoms with Gasteiger partial charge in [0.2, 0.25) is 5.91 Å². The number of para-hydroxylation sites is 1. The van der Waals surface area contributed by atoms with Crippen molar-refractivity contribution in [2.24, 2.45) is 11.8 Å². The van der Waals surface area contributed by atoms with Crippen molar-refractivity contribution in [3.05, 3.63) is 66.0 Å². The monoisotopic (exact) mass is 382 g/mol. The Hall–Kier alpha value is -2.40. The summed E-state index contributed by atoms with van der Waals surface area (Å²) >= 11 is 0. The predicted octanol–water partition coefficient (Wildman–Crippen LogP) is 3.75. The summed E-state index contributed by atoms with van der Waals surface area (Å²) < 4.78 is 19.6. The fraction of sp³-hybridized carbons (Fsp3) is 0.435. The number of ether oxygens (including phenoxy) is 1. The largest absolute Gasteiger partial charge is 0.494 e. The SMILES string of the molecule is CC(=O)N1C[C@H]2CN(CCCOc3ccccc3)C[C@H]2[C@@H]1c1cccc(F)c1. The Labute approximate surface area is 165 Å². The standard InChI is InChI=1S/C23H27FN2O2/c1-17(27)26-15-19-14-25(11-6-12-28-21-9-3-2-4-10-21)16-22(19)23(26)18-7-5-8-20(24)13-18/h2-5,7-10,13,19,22-23H,6,11-12,14-16H2,1H3/t19-,22-,23+/m1/s1. The van der Waals surface area contributed by atoms with Crippen LogP contribution in [0.1, 0.15) is 24.9 Å². The van der Waals surface area contributed by atoms with Gasteiger partial charge in [-0.25, -0.2) is 4.39 Å². The fourth-order valence-corrected chi connectivity index (χ4v) is 4.76. The molecule has 2 aliphatic heterocycles. The Balaban J connectivity index is 1.36. The zero-order valence-electron chi connectivity index (χ0n) is 16.3. The van der Waals surface area contributed by atoms with E-state index in [1.165, 1.54) is 6.07 Å². The van der Waals surface area contributed by atoms with Gasteiger partial charge in [-0.3, -0.25) is 4.79 Å². The van der Waals surface area contributed by atoms with Crippen molar-refractivity contribution in [3.63, 3.8) is 0 Å². The molecule has 2 heterocycles. The van der Waals surface area contributed by atoms with Crippen molar-refractivity contribution in [1.82, 2.24) is 9.80 Å². The van der Waals surface area contributed by atoms with Gasteiger partial charge in [0.05, 0.1) is 12.6 Å². The average molecular weight is 382 g/mol. The third-order valence-electron chi connectivity index (χ3n) is 5.97. The molecule has 2 aliphatic rings. The number of halogens is 1. The van der Waals surface area contributed by atoms with E-state index in [4.69, 9.17) is 4.74 Å². The smallest absolute Gasteiger partial charge is 0.219 e. The van der Waals surface area contributed by atoms with Crippen molar-refractivity contribution in [3.8, 4) is 5.75 Å². The lowest BCUT2D eigenvalue weighted by atomic mass is 9.89. The van der Waals surface area contributed by atoms with Gasteiger partial charge >= 0.3 is 0 Å². The minimum Gasteiger partial charge on any atom is -0.494 e. The van der Waals surface area contributed by atoms with Gasteiger partial charge in [-0.15, -0.1) is 0 Å². The fourth-order valence-electron chi connectivity index (χ4n) is 4.76. The first-order valence-electron chi connectivity index (χ1n) is 10.0. The molecule has 2 aromatic rings. The molecule has 0 spiro atoms. The summed E-state index contributed by atoms with van der Waals surface area (Å²) in [6, 6.07) is 16.6. The van der Waals surface area contributed by atoms with Crippen LogP contribution in [0.2, 0.25) is 0 Å². The number of hydrogen-bond acceptors (Lipinski definition) is 3. The number of rotatable bonds is 6. The van der Waals surface area contributed by atoms with E-state index in [0.717, 1.165) is 43.9 Å². The van der Waals surface area contributed by atoms with Crippen LogP contribution in [0.25, 0.3) is 0 Å². The molecule has 5 heteroatoms. The summed E-state index contributed by atoms with van der Waals surface area (Å²) in [5.74, 6) is 1.56. The van der Waals surface area contributed by atoms with E-state index in [1.807, 2.05) is 41.3 Å². The highest BCUT2D eigenvalue weighted by Gasteiger charge is 2.48. The average Bonchev–Trinajstić information content (AvgIpc) is 3.23. The minimum atomic E-state index is -0.239. The topological polar surface area (TPSA) is 32.8 Å². The van der Waals surface area contributed by atoms with Crippen LogP contribution in [0.15, 0.2) is 54.6 Å². The Morgan fingerprint density at radius 1 is 1.11 bits per heavy atom. The van der Waals surface area contributed by atoms with Gasteiger partial charge in [0.15, 0.2) is 0 Å². The van der Waals surface area contributed by atoms with Gasteiger partial charge in [-0.05, 0) is 42.2 Å². The second-order valence-electron chi connectivity index (χ2n) is 7.87. The molecule has 2 fully saturated rings. The maximum Gasteiger partial charge on any atom is 0.219 e. The molecule has 0 bridgehead atoms. The quantitative estimate of drug-likeness (QED) is 0.714. The normalized spacial score (nSPS) is 24.4. The second-order valence-corrected chi connectivity index (χ2v) is 7.87. The molecular formula is C23H27FN2O2. The maximum atomic E-state index is 13.8. The summed E-state index contributed by atoms with van der Waals surface area (Å²) in [7, 11) is 0. The van der Waals surface area contributed by atoms with Gasteiger partial charge in [0.1, 0.15) is 11.6 Å². The van der Waals surface area contributed by atoms with Gasteiger partial charge in [0, 0.05) is 39.0 Å². The molecule has 28 heavy (non-hydrogen) atoms. The maximum absolute atomic E-state index is 13.8.